The molecule has 0 aliphatic rings. The Morgan fingerprint density at radius 1 is 1.17 bits per heavy atom. The van der Waals surface area contributed by atoms with E-state index in [2.05, 4.69) is 0 Å². The summed E-state index contributed by atoms with van der Waals surface area (Å²) in [4.78, 5) is 30.8. The Morgan fingerprint density at radius 2 is 1.72 bits per heavy atom. The van der Waals surface area contributed by atoms with Crippen LogP contribution >= 0.6 is 0 Å². The SMILES string of the molecule is CCOC(Cc1c(C(=O)OC(C)(C)C)cc(C)c(O)c1C(=O)N(C)OC)OCC. The molecule has 1 N–H and O–H groups in total. The highest BCUT2D eigenvalue weighted by Gasteiger charge is 2.31. The highest BCUT2D eigenvalue weighted by atomic mass is 16.7. The number of aromatic hydroxyl groups is 1. The third-order valence-corrected chi connectivity index (χ3v) is 4.07. The molecule has 0 radical (unpaired) electrons. The van der Waals surface area contributed by atoms with Gasteiger partial charge in [-0.05, 0) is 58.7 Å². The standard InChI is InChI=1S/C21H33NO7/c1-9-27-16(28-10-2)12-14-15(20(25)29-21(4,5)6)11-13(3)18(23)17(14)19(24)22(7)26-8/h11,16,23H,9-10,12H2,1-8H3. The zero-order chi connectivity index (χ0) is 22.4. The highest BCUT2D eigenvalue weighted by Crippen LogP contribution is 2.32. The van der Waals surface area contributed by atoms with Crippen LogP contribution in [0.3, 0.4) is 0 Å². The smallest absolute Gasteiger partial charge is 0.338 e. The number of aryl methyl sites for hydroxylation is 1. The van der Waals surface area contributed by atoms with Crippen LogP contribution in [-0.2, 0) is 25.5 Å². The largest absolute Gasteiger partial charge is 0.507 e. The first kappa shape index (κ1) is 24.9. The molecular weight excluding hydrogens is 378 g/mol. The van der Waals surface area contributed by atoms with Crippen molar-refractivity contribution in [1.82, 2.24) is 5.06 Å². The monoisotopic (exact) mass is 411 g/mol. The van der Waals surface area contributed by atoms with Gasteiger partial charge >= 0.3 is 5.97 Å². The van der Waals surface area contributed by atoms with Crippen molar-refractivity contribution < 1.29 is 33.7 Å². The van der Waals surface area contributed by atoms with E-state index in [0.717, 1.165) is 5.06 Å². The summed E-state index contributed by atoms with van der Waals surface area (Å²) in [5.41, 5.74) is 0.0504. The molecule has 0 bridgehead atoms. The van der Waals surface area contributed by atoms with Gasteiger partial charge in [0.05, 0.1) is 18.2 Å². The highest BCUT2D eigenvalue weighted by molar-refractivity contribution is 6.02. The second-order valence-electron chi connectivity index (χ2n) is 7.47. The van der Waals surface area contributed by atoms with E-state index in [-0.39, 0.29) is 28.9 Å². The van der Waals surface area contributed by atoms with Gasteiger partial charge in [0.2, 0.25) is 0 Å². The number of rotatable bonds is 9. The first-order valence-corrected chi connectivity index (χ1v) is 9.60. The van der Waals surface area contributed by atoms with Crippen molar-refractivity contribution in [2.75, 3.05) is 27.4 Å². The van der Waals surface area contributed by atoms with Crippen molar-refractivity contribution in [3.63, 3.8) is 0 Å². The van der Waals surface area contributed by atoms with E-state index >= 15 is 0 Å². The zero-order valence-corrected chi connectivity index (χ0v) is 18.6. The summed E-state index contributed by atoms with van der Waals surface area (Å²) in [5.74, 6) is -1.43. The van der Waals surface area contributed by atoms with Crippen molar-refractivity contribution in [3.8, 4) is 5.75 Å². The molecule has 1 amide bonds. The number of carbonyl (C=O) groups is 2. The molecule has 8 heteroatoms. The predicted octanol–water partition coefficient (Wildman–Crippen LogP) is 3.23. The maximum atomic E-state index is 12.9. The number of amides is 1. The van der Waals surface area contributed by atoms with Crippen molar-refractivity contribution >= 4 is 11.9 Å². The fourth-order valence-electron chi connectivity index (χ4n) is 2.75. The minimum atomic E-state index is -0.729. The summed E-state index contributed by atoms with van der Waals surface area (Å²) in [6, 6.07) is 1.51. The third-order valence-electron chi connectivity index (χ3n) is 4.07. The molecule has 0 aliphatic heterocycles. The van der Waals surface area contributed by atoms with Gasteiger partial charge in [0.25, 0.3) is 5.91 Å². The van der Waals surface area contributed by atoms with Gasteiger partial charge in [0.1, 0.15) is 11.4 Å². The molecule has 0 saturated heterocycles. The average Bonchev–Trinajstić information content (AvgIpc) is 2.62. The number of hydrogen-bond donors (Lipinski definition) is 1. The van der Waals surface area contributed by atoms with Crippen LogP contribution in [0, 0.1) is 6.92 Å². The van der Waals surface area contributed by atoms with E-state index in [1.807, 2.05) is 13.8 Å². The van der Waals surface area contributed by atoms with Crippen LogP contribution in [0.1, 0.15) is 66.5 Å². The first-order valence-electron chi connectivity index (χ1n) is 9.60. The Hall–Kier alpha value is -2.16. The number of ether oxygens (including phenoxy) is 3. The van der Waals surface area contributed by atoms with E-state index in [0.29, 0.717) is 18.8 Å². The van der Waals surface area contributed by atoms with Gasteiger partial charge < -0.3 is 19.3 Å². The summed E-state index contributed by atoms with van der Waals surface area (Å²) in [6.07, 6.45) is -0.629. The molecular formula is C21H33NO7. The van der Waals surface area contributed by atoms with Crippen LogP contribution in [0.4, 0.5) is 0 Å². The van der Waals surface area contributed by atoms with Crippen LogP contribution < -0.4 is 0 Å². The van der Waals surface area contributed by atoms with Crippen molar-refractivity contribution in [2.24, 2.45) is 0 Å². The van der Waals surface area contributed by atoms with Gasteiger partial charge in [0, 0.05) is 26.7 Å². The molecule has 0 heterocycles. The molecule has 164 valence electrons. The quantitative estimate of drug-likeness (QED) is 0.379. The van der Waals surface area contributed by atoms with Crippen LogP contribution in [0.25, 0.3) is 0 Å². The summed E-state index contributed by atoms with van der Waals surface area (Å²) in [6.45, 7) is 11.3. The van der Waals surface area contributed by atoms with Crippen molar-refractivity contribution in [2.45, 2.75) is 59.9 Å². The molecule has 0 spiro atoms. The van der Waals surface area contributed by atoms with E-state index in [9.17, 15) is 14.7 Å². The van der Waals surface area contributed by atoms with Crippen LogP contribution in [0.15, 0.2) is 6.07 Å². The topological polar surface area (TPSA) is 94.5 Å². The Balaban J connectivity index is 3.67. The molecule has 0 atom stereocenters. The summed E-state index contributed by atoms with van der Waals surface area (Å²) in [7, 11) is 2.76. The lowest BCUT2D eigenvalue weighted by molar-refractivity contribution is -0.134. The fourth-order valence-corrected chi connectivity index (χ4v) is 2.75. The van der Waals surface area contributed by atoms with Crippen molar-refractivity contribution in [3.05, 3.63) is 28.3 Å². The average molecular weight is 411 g/mol. The Labute approximate surface area is 172 Å². The number of benzene rings is 1. The van der Waals surface area contributed by atoms with Gasteiger partial charge in [-0.3, -0.25) is 9.63 Å². The molecule has 1 rings (SSSR count). The molecule has 0 fully saturated rings. The zero-order valence-electron chi connectivity index (χ0n) is 18.6. The molecule has 29 heavy (non-hydrogen) atoms. The number of hydroxylamine groups is 2. The molecule has 1 aromatic carbocycles. The normalized spacial score (nSPS) is 11.6. The molecule has 8 nitrogen and oxygen atoms in total. The second kappa shape index (κ2) is 10.6. The number of carbonyl (C=O) groups excluding carboxylic acids is 2. The Morgan fingerprint density at radius 3 is 2.17 bits per heavy atom. The van der Waals surface area contributed by atoms with Gasteiger partial charge in [-0.15, -0.1) is 0 Å². The number of esters is 1. The maximum absolute atomic E-state index is 12.9. The number of phenolic OH excluding ortho intramolecular Hbond substituents is 1. The van der Waals surface area contributed by atoms with Crippen molar-refractivity contribution in [1.29, 1.82) is 0 Å². The molecule has 0 aromatic heterocycles. The second-order valence-corrected chi connectivity index (χ2v) is 7.47. The molecule has 0 unspecified atom stereocenters. The predicted molar refractivity (Wildman–Crippen MR) is 108 cm³/mol. The third kappa shape index (κ3) is 6.69. The minimum Gasteiger partial charge on any atom is -0.507 e. The molecule has 0 saturated carbocycles. The lowest BCUT2D eigenvalue weighted by atomic mass is 9.93. The Bertz CT molecular complexity index is 719. The lowest BCUT2D eigenvalue weighted by Gasteiger charge is -2.25. The number of phenols is 1. The van der Waals surface area contributed by atoms with Crippen LogP contribution in [-0.4, -0.2) is 61.3 Å². The van der Waals surface area contributed by atoms with E-state index in [1.54, 1.807) is 27.7 Å². The van der Waals surface area contributed by atoms with Gasteiger partial charge in [-0.2, -0.15) is 0 Å². The molecule has 0 aliphatic carbocycles. The molecule has 1 aromatic rings. The lowest BCUT2D eigenvalue weighted by Crippen LogP contribution is -2.31. The Kier molecular flexibility index (Phi) is 9.07. The minimum absolute atomic E-state index is 0.0420. The fraction of sp³-hybridized carbons (Fsp3) is 0.619. The summed E-state index contributed by atoms with van der Waals surface area (Å²) < 4.78 is 16.7. The summed E-state index contributed by atoms with van der Waals surface area (Å²) in [5, 5.41) is 11.6. The summed E-state index contributed by atoms with van der Waals surface area (Å²) >= 11 is 0. The first-order chi connectivity index (χ1) is 13.5. The van der Waals surface area contributed by atoms with E-state index < -0.39 is 23.8 Å². The van der Waals surface area contributed by atoms with E-state index in [4.69, 9.17) is 19.0 Å². The number of hydrogen-bond acceptors (Lipinski definition) is 7. The number of nitrogens with zero attached hydrogens (tertiary/aromatic N) is 1. The van der Waals surface area contributed by atoms with Crippen LogP contribution in [0.2, 0.25) is 0 Å². The van der Waals surface area contributed by atoms with Crippen LogP contribution in [0.5, 0.6) is 5.75 Å². The van der Waals surface area contributed by atoms with Gasteiger partial charge in [-0.25, -0.2) is 9.86 Å². The van der Waals surface area contributed by atoms with E-state index in [1.165, 1.54) is 20.2 Å². The maximum Gasteiger partial charge on any atom is 0.338 e. The van der Waals surface area contributed by atoms with Gasteiger partial charge in [0.15, 0.2) is 6.29 Å². The van der Waals surface area contributed by atoms with Gasteiger partial charge in [-0.1, -0.05) is 0 Å².